The van der Waals surface area contributed by atoms with Gasteiger partial charge in [-0.15, -0.1) is 0 Å². The second kappa shape index (κ2) is 3.72. The van der Waals surface area contributed by atoms with Crippen molar-refractivity contribution in [3.05, 3.63) is 23.8 Å². The highest BCUT2D eigenvalue weighted by Gasteiger charge is 2.16. The van der Waals surface area contributed by atoms with Crippen molar-refractivity contribution in [3.63, 3.8) is 0 Å². The number of allylic oxidation sites excluding steroid dienone is 2. The van der Waals surface area contributed by atoms with Crippen LogP contribution in [0.1, 0.15) is 32.6 Å². The van der Waals surface area contributed by atoms with E-state index >= 15 is 0 Å². The average Bonchev–Trinajstić information content (AvgIpc) is 1.98. The molecule has 1 rings (SSSR count). The summed E-state index contributed by atoms with van der Waals surface area (Å²) in [6.07, 6.45) is 5.75. The van der Waals surface area contributed by atoms with Crippen LogP contribution in [0.4, 0.5) is 0 Å². The van der Waals surface area contributed by atoms with E-state index < -0.39 is 0 Å². The first-order valence-electron chi connectivity index (χ1n) is 4.29. The lowest BCUT2D eigenvalue weighted by atomic mass is 9.88. The van der Waals surface area contributed by atoms with Crippen molar-refractivity contribution in [2.75, 3.05) is 0 Å². The summed E-state index contributed by atoms with van der Waals surface area (Å²) in [5, 5.41) is 9.34. The van der Waals surface area contributed by atoms with Crippen LogP contribution in [0.2, 0.25) is 0 Å². The van der Waals surface area contributed by atoms with Crippen molar-refractivity contribution in [3.8, 4) is 0 Å². The van der Waals surface area contributed by atoms with Crippen LogP contribution >= 0.6 is 0 Å². The Morgan fingerprint density at radius 1 is 1.73 bits per heavy atom. The molecule has 62 valence electrons. The molecule has 0 saturated heterocycles. The van der Waals surface area contributed by atoms with E-state index in [0.717, 1.165) is 25.7 Å². The molecule has 1 saturated carbocycles. The van der Waals surface area contributed by atoms with Crippen molar-refractivity contribution >= 4 is 0 Å². The molecule has 0 bridgehead atoms. The van der Waals surface area contributed by atoms with Gasteiger partial charge in [-0.05, 0) is 31.3 Å². The van der Waals surface area contributed by atoms with Crippen molar-refractivity contribution in [1.82, 2.24) is 0 Å². The molecule has 1 aliphatic rings. The molecule has 1 heteroatoms. The van der Waals surface area contributed by atoms with Gasteiger partial charge in [-0.3, -0.25) is 0 Å². The van der Waals surface area contributed by atoms with E-state index in [4.69, 9.17) is 0 Å². The zero-order valence-electron chi connectivity index (χ0n) is 7.14. The summed E-state index contributed by atoms with van der Waals surface area (Å²) in [4.78, 5) is 0. The van der Waals surface area contributed by atoms with Crippen LogP contribution in [0.3, 0.4) is 0 Å². The maximum atomic E-state index is 9.34. The summed E-state index contributed by atoms with van der Waals surface area (Å²) < 4.78 is 0. The van der Waals surface area contributed by atoms with Gasteiger partial charge in [0.25, 0.3) is 0 Å². The predicted octanol–water partition coefficient (Wildman–Crippen LogP) is 2.42. The molecule has 1 atom stereocenters. The van der Waals surface area contributed by atoms with E-state index in [9.17, 15) is 5.11 Å². The fraction of sp³-hybridized carbons (Fsp3) is 0.600. The second-order valence-electron chi connectivity index (χ2n) is 3.14. The molecular formula is C10H16O. The molecule has 0 aromatic carbocycles. The SMILES string of the molecule is C=C1CC[C@@H](O)C/C1=C/CC. The molecule has 1 N–H and O–H groups in total. The van der Waals surface area contributed by atoms with Crippen LogP contribution in [0.5, 0.6) is 0 Å². The predicted molar refractivity (Wildman–Crippen MR) is 47.4 cm³/mol. The second-order valence-corrected chi connectivity index (χ2v) is 3.14. The van der Waals surface area contributed by atoms with Gasteiger partial charge < -0.3 is 5.11 Å². The molecule has 0 radical (unpaired) electrons. The Bertz CT molecular complexity index is 179. The van der Waals surface area contributed by atoms with Gasteiger partial charge in [0.2, 0.25) is 0 Å². The molecule has 1 fully saturated rings. The van der Waals surface area contributed by atoms with Crippen LogP contribution in [-0.4, -0.2) is 11.2 Å². The number of rotatable bonds is 1. The lowest BCUT2D eigenvalue weighted by Crippen LogP contribution is -2.14. The maximum absolute atomic E-state index is 9.34. The zero-order valence-corrected chi connectivity index (χ0v) is 7.14. The van der Waals surface area contributed by atoms with E-state index in [0.29, 0.717) is 0 Å². The highest BCUT2D eigenvalue weighted by atomic mass is 16.3. The van der Waals surface area contributed by atoms with Crippen molar-refractivity contribution in [2.45, 2.75) is 38.7 Å². The fourth-order valence-corrected chi connectivity index (χ4v) is 1.48. The first-order valence-corrected chi connectivity index (χ1v) is 4.29. The zero-order chi connectivity index (χ0) is 8.27. The van der Waals surface area contributed by atoms with E-state index in [-0.39, 0.29) is 6.10 Å². The Morgan fingerprint density at radius 2 is 2.45 bits per heavy atom. The molecular weight excluding hydrogens is 136 g/mol. The van der Waals surface area contributed by atoms with Gasteiger partial charge in [0, 0.05) is 0 Å². The van der Waals surface area contributed by atoms with Gasteiger partial charge in [-0.1, -0.05) is 25.2 Å². The van der Waals surface area contributed by atoms with Gasteiger partial charge in [-0.2, -0.15) is 0 Å². The van der Waals surface area contributed by atoms with Crippen molar-refractivity contribution in [2.24, 2.45) is 0 Å². The lowest BCUT2D eigenvalue weighted by molar-refractivity contribution is 0.158. The summed E-state index contributed by atoms with van der Waals surface area (Å²) in [6, 6.07) is 0. The summed E-state index contributed by atoms with van der Waals surface area (Å²) >= 11 is 0. The third kappa shape index (κ3) is 2.19. The molecule has 0 heterocycles. The van der Waals surface area contributed by atoms with Gasteiger partial charge in [0.05, 0.1) is 6.10 Å². The molecule has 1 nitrogen and oxygen atoms in total. The Balaban J connectivity index is 2.61. The Hall–Kier alpha value is -0.560. The molecule has 0 spiro atoms. The highest BCUT2D eigenvalue weighted by molar-refractivity contribution is 5.30. The van der Waals surface area contributed by atoms with Gasteiger partial charge in [0.15, 0.2) is 0 Å². The van der Waals surface area contributed by atoms with Gasteiger partial charge in [-0.25, -0.2) is 0 Å². The number of hydrogen-bond acceptors (Lipinski definition) is 1. The quantitative estimate of drug-likeness (QED) is 0.611. The minimum absolute atomic E-state index is 0.127. The maximum Gasteiger partial charge on any atom is 0.0583 e. The molecule has 0 aromatic rings. The summed E-state index contributed by atoms with van der Waals surface area (Å²) in [6.45, 7) is 6.08. The van der Waals surface area contributed by atoms with Gasteiger partial charge >= 0.3 is 0 Å². The Morgan fingerprint density at radius 3 is 3.09 bits per heavy atom. The minimum Gasteiger partial charge on any atom is -0.393 e. The third-order valence-corrected chi connectivity index (χ3v) is 2.14. The molecule has 1 aliphatic carbocycles. The normalized spacial score (nSPS) is 29.5. The Labute approximate surface area is 68.4 Å². The molecule has 11 heavy (non-hydrogen) atoms. The summed E-state index contributed by atoms with van der Waals surface area (Å²) in [7, 11) is 0. The number of aliphatic hydroxyl groups excluding tert-OH is 1. The van der Waals surface area contributed by atoms with Crippen LogP contribution in [0.15, 0.2) is 23.8 Å². The van der Waals surface area contributed by atoms with E-state index in [2.05, 4.69) is 19.6 Å². The fourth-order valence-electron chi connectivity index (χ4n) is 1.48. The molecule has 0 aliphatic heterocycles. The average molecular weight is 152 g/mol. The van der Waals surface area contributed by atoms with Crippen molar-refractivity contribution < 1.29 is 5.11 Å². The lowest BCUT2D eigenvalue weighted by Gasteiger charge is -2.21. The van der Waals surface area contributed by atoms with Crippen molar-refractivity contribution in [1.29, 1.82) is 0 Å². The Kier molecular flexibility index (Phi) is 2.89. The molecule has 0 amide bonds. The first-order chi connectivity index (χ1) is 5.24. The van der Waals surface area contributed by atoms with E-state index in [1.54, 1.807) is 0 Å². The summed E-state index contributed by atoms with van der Waals surface area (Å²) in [5.74, 6) is 0. The standard InChI is InChI=1S/C10H16O/c1-3-4-9-7-10(11)6-5-8(9)2/h4,10-11H,2-3,5-7H2,1H3/b9-4-/t10-/m1/s1. The highest BCUT2D eigenvalue weighted by Crippen LogP contribution is 2.27. The van der Waals surface area contributed by atoms with E-state index in [1.807, 2.05) is 0 Å². The molecule has 0 unspecified atom stereocenters. The topological polar surface area (TPSA) is 20.2 Å². The monoisotopic (exact) mass is 152 g/mol. The smallest absolute Gasteiger partial charge is 0.0583 e. The van der Waals surface area contributed by atoms with Crippen LogP contribution in [0, 0.1) is 0 Å². The largest absolute Gasteiger partial charge is 0.393 e. The molecule has 0 aromatic heterocycles. The third-order valence-electron chi connectivity index (χ3n) is 2.14. The first kappa shape index (κ1) is 8.54. The van der Waals surface area contributed by atoms with Crippen LogP contribution < -0.4 is 0 Å². The van der Waals surface area contributed by atoms with Crippen LogP contribution in [0.25, 0.3) is 0 Å². The summed E-state index contributed by atoms with van der Waals surface area (Å²) in [5.41, 5.74) is 2.49. The van der Waals surface area contributed by atoms with E-state index in [1.165, 1.54) is 11.1 Å². The number of hydrogen-bond donors (Lipinski definition) is 1. The minimum atomic E-state index is -0.127. The van der Waals surface area contributed by atoms with Crippen LogP contribution in [-0.2, 0) is 0 Å². The number of aliphatic hydroxyl groups is 1. The van der Waals surface area contributed by atoms with Gasteiger partial charge in [0.1, 0.15) is 0 Å².